The van der Waals surface area contributed by atoms with Gasteiger partial charge in [-0.1, -0.05) is 12.8 Å². The zero-order chi connectivity index (χ0) is 12.5. The van der Waals surface area contributed by atoms with Crippen molar-refractivity contribution in [2.24, 2.45) is 17.8 Å². The molecule has 0 bridgehead atoms. The lowest BCUT2D eigenvalue weighted by atomic mass is 10.0. The minimum Gasteiger partial charge on any atom is -0.316 e. The van der Waals surface area contributed by atoms with Gasteiger partial charge in [0.25, 0.3) is 0 Å². The number of hydrogen-bond donors (Lipinski definition) is 1. The van der Waals surface area contributed by atoms with Crippen LogP contribution in [0.15, 0.2) is 22.9 Å². The molecule has 18 heavy (non-hydrogen) atoms. The van der Waals surface area contributed by atoms with Gasteiger partial charge in [-0.25, -0.2) is 0 Å². The molecule has 0 aromatic carbocycles. The lowest BCUT2D eigenvalue weighted by molar-refractivity contribution is 0.459. The Labute approximate surface area is 118 Å². The van der Waals surface area contributed by atoms with Crippen molar-refractivity contribution in [2.75, 3.05) is 7.05 Å². The van der Waals surface area contributed by atoms with Gasteiger partial charge in [0.1, 0.15) is 0 Å². The maximum Gasteiger partial charge on any atom is 0.0410 e. The molecule has 3 atom stereocenters. The van der Waals surface area contributed by atoms with Gasteiger partial charge in [-0.3, -0.25) is 4.98 Å². The highest BCUT2D eigenvalue weighted by atomic mass is 79.9. The highest BCUT2D eigenvalue weighted by molar-refractivity contribution is 9.10. The van der Waals surface area contributed by atoms with Gasteiger partial charge in [0.15, 0.2) is 0 Å². The van der Waals surface area contributed by atoms with Crippen molar-refractivity contribution >= 4 is 15.9 Å². The largest absolute Gasteiger partial charge is 0.316 e. The van der Waals surface area contributed by atoms with Crippen molar-refractivity contribution in [1.29, 1.82) is 0 Å². The highest BCUT2D eigenvalue weighted by Crippen LogP contribution is 2.57. The van der Waals surface area contributed by atoms with Gasteiger partial charge < -0.3 is 5.32 Å². The van der Waals surface area contributed by atoms with E-state index in [-0.39, 0.29) is 0 Å². The van der Waals surface area contributed by atoms with Gasteiger partial charge in [0.2, 0.25) is 0 Å². The second-order valence-electron chi connectivity index (χ2n) is 5.80. The first kappa shape index (κ1) is 12.6. The average Bonchev–Trinajstić information content (AvgIpc) is 3.10. The van der Waals surface area contributed by atoms with Gasteiger partial charge in [-0.2, -0.15) is 0 Å². The topological polar surface area (TPSA) is 24.9 Å². The van der Waals surface area contributed by atoms with Crippen LogP contribution in [0.5, 0.6) is 0 Å². The summed E-state index contributed by atoms with van der Waals surface area (Å²) in [6.45, 7) is 0. The van der Waals surface area contributed by atoms with E-state index in [9.17, 15) is 0 Å². The van der Waals surface area contributed by atoms with Crippen LogP contribution in [0.25, 0.3) is 0 Å². The molecule has 0 spiro atoms. The average molecular weight is 309 g/mol. The van der Waals surface area contributed by atoms with Crippen LogP contribution >= 0.6 is 15.9 Å². The summed E-state index contributed by atoms with van der Waals surface area (Å²) >= 11 is 3.50. The molecular formula is C15H21BrN2. The lowest BCUT2D eigenvalue weighted by Crippen LogP contribution is -2.31. The van der Waals surface area contributed by atoms with E-state index < -0.39 is 0 Å². The maximum atomic E-state index is 4.27. The molecule has 2 aliphatic rings. The fourth-order valence-corrected chi connectivity index (χ4v) is 4.31. The monoisotopic (exact) mass is 308 g/mol. The predicted octanol–water partition coefficient (Wildman–Crippen LogP) is 3.41. The molecule has 2 nitrogen and oxygen atoms in total. The van der Waals surface area contributed by atoms with E-state index in [1.807, 2.05) is 12.4 Å². The summed E-state index contributed by atoms with van der Waals surface area (Å²) in [6.07, 6.45) is 10.8. The second kappa shape index (κ2) is 5.30. The molecular weight excluding hydrogens is 288 g/mol. The molecule has 1 aromatic rings. The van der Waals surface area contributed by atoms with Crippen molar-refractivity contribution in [3.8, 4) is 0 Å². The van der Waals surface area contributed by atoms with Gasteiger partial charge >= 0.3 is 0 Å². The molecule has 0 saturated heterocycles. The van der Waals surface area contributed by atoms with Gasteiger partial charge in [0.05, 0.1) is 0 Å². The van der Waals surface area contributed by atoms with Crippen LogP contribution < -0.4 is 5.32 Å². The molecule has 1 aromatic heterocycles. The number of halogens is 1. The van der Waals surface area contributed by atoms with Gasteiger partial charge in [0, 0.05) is 22.9 Å². The van der Waals surface area contributed by atoms with E-state index >= 15 is 0 Å². The number of pyridine rings is 1. The Kier molecular flexibility index (Phi) is 3.71. The molecule has 3 heteroatoms. The van der Waals surface area contributed by atoms with Gasteiger partial charge in [-0.05, 0) is 71.6 Å². The molecule has 2 fully saturated rings. The summed E-state index contributed by atoms with van der Waals surface area (Å²) in [5.41, 5.74) is 1.34. The van der Waals surface area contributed by atoms with E-state index in [4.69, 9.17) is 0 Å². The minimum absolute atomic E-state index is 0.634. The summed E-state index contributed by atoms with van der Waals surface area (Å²) in [7, 11) is 2.11. The lowest BCUT2D eigenvalue weighted by Gasteiger charge is -2.16. The summed E-state index contributed by atoms with van der Waals surface area (Å²) in [4.78, 5) is 4.27. The first-order valence-electron chi connectivity index (χ1n) is 7.06. The fraction of sp³-hybridized carbons (Fsp3) is 0.667. The maximum absolute atomic E-state index is 4.27. The summed E-state index contributed by atoms with van der Waals surface area (Å²) in [6, 6.07) is 2.83. The molecule has 1 heterocycles. The number of hydrogen-bond acceptors (Lipinski definition) is 2. The number of nitrogens with one attached hydrogen (secondary N) is 1. The molecule has 0 amide bonds. The van der Waals surface area contributed by atoms with Crippen LogP contribution in [0, 0.1) is 17.8 Å². The summed E-state index contributed by atoms with van der Waals surface area (Å²) in [5, 5.41) is 3.55. The quantitative estimate of drug-likeness (QED) is 0.922. The highest BCUT2D eigenvalue weighted by Gasteiger charge is 2.53. The first-order chi connectivity index (χ1) is 8.79. The zero-order valence-corrected chi connectivity index (χ0v) is 12.5. The third-order valence-corrected chi connectivity index (χ3v) is 5.21. The Bertz CT molecular complexity index is 409. The van der Waals surface area contributed by atoms with Gasteiger partial charge in [-0.15, -0.1) is 0 Å². The smallest absolute Gasteiger partial charge is 0.0410 e. The Hall–Kier alpha value is -0.410. The molecule has 0 radical (unpaired) electrons. The number of aromatic nitrogens is 1. The number of rotatable bonds is 4. The van der Waals surface area contributed by atoms with E-state index in [2.05, 4.69) is 39.3 Å². The van der Waals surface area contributed by atoms with Crippen LogP contribution in [-0.2, 0) is 6.42 Å². The van der Waals surface area contributed by atoms with Crippen molar-refractivity contribution < 1.29 is 0 Å². The zero-order valence-electron chi connectivity index (χ0n) is 10.9. The molecule has 2 saturated carbocycles. The minimum atomic E-state index is 0.634. The molecule has 3 unspecified atom stereocenters. The number of likely N-dealkylation sites (N-methyl/N-ethyl adjacent to an activating group) is 1. The van der Waals surface area contributed by atoms with E-state index in [0.29, 0.717) is 6.04 Å². The van der Waals surface area contributed by atoms with Crippen molar-refractivity contribution in [1.82, 2.24) is 10.3 Å². The van der Waals surface area contributed by atoms with Crippen LogP contribution in [0.1, 0.15) is 31.2 Å². The molecule has 2 aliphatic carbocycles. The van der Waals surface area contributed by atoms with Crippen LogP contribution in [0.3, 0.4) is 0 Å². The number of nitrogens with zero attached hydrogens (tertiary/aromatic N) is 1. The van der Waals surface area contributed by atoms with Crippen molar-refractivity contribution in [3.63, 3.8) is 0 Å². The summed E-state index contributed by atoms with van der Waals surface area (Å²) < 4.78 is 1.09. The number of fused-ring (bicyclic) bond motifs is 1. The molecule has 98 valence electrons. The molecule has 1 N–H and O–H groups in total. The molecule has 3 rings (SSSR count). The third-order valence-electron chi connectivity index (χ3n) is 4.78. The van der Waals surface area contributed by atoms with E-state index in [1.54, 1.807) is 0 Å². The van der Waals surface area contributed by atoms with E-state index in [0.717, 1.165) is 28.6 Å². The Morgan fingerprint density at radius 2 is 2.06 bits per heavy atom. The standard InChI is InChI=1S/C15H21BrN2/c1-17-14(7-10-6-11(16)9-18-8-10)15-12-4-2-3-5-13(12)15/h6,8-9,12-15,17H,2-5,7H2,1H3. The van der Waals surface area contributed by atoms with Crippen LogP contribution in [-0.4, -0.2) is 18.1 Å². The Morgan fingerprint density at radius 3 is 2.67 bits per heavy atom. The normalized spacial score (nSPS) is 31.8. The second-order valence-corrected chi connectivity index (χ2v) is 6.72. The Morgan fingerprint density at radius 1 is 1.33 bits per heavy atom. The van der Waals surface area contributed by atoms with Crippen molar-refractivity contribution in [3.05, 3.63) is 28.5 Å². The Balaban J connectivity index is 1.66. The van der Waals surface area contributed by atoms with Crippen LogP contribution in [0.2, 0.25) is 0 Å². The first-order valence-corrected chi connectivity index (χ1v) is 7.85. The van der Waals surface area contributed by atoms with E-state index in [1.165, 1.54) is 31.2 Å². The molecule has 0 aliphatic heterocycles. The SMILES string of the molecule is CNC(Cc1cncc(Br)c1)C1C2CCCCC21. The summed E-state index contributed by atoms with van der Waals surface area (Å²) in [5.74, 6) is 2.93. The van der Waals surface area contributed by atoms with Crippen molar-refractivity contribution in [2.45, 2.75) is 38.1 Å². The third kappa shape index (κ3) is 2.48. The van der Waals surface area contributed by atoms with Crippen LogP contribution in [0.4, 0.5) is 0 Å². The predicted molar refractivity (Wildman–Crippen MR) is 77.4 cm³/mol. The fourth-order valence-electron chi connectivity index (χ4n) is 3.90.